The number of thiazole rings is 1. The van der Waals surface area contributed by atoms with E-state index in [1.54, 1.807) is 12.1 Å². The Hall–Kier alpha value is -1.26. The second-order valence-electron chi connectivity index (χ2n) is 3.52. The highest BCUT2D eigenvalue weighted by Gasteiger charge is 2.08. The number of aromatic nitrogens is 1. The molecule has 0 aliphatic heterocycles. The molecule has 0 saturated heterocycles. The minimum atomic E-state index is -0.445. The number of halogens is 1. The standard InChI is InChI=1S/C12H12FNOS/c1-8-11(7-15)16-12(14-8)10-4-2-9(6-13)3-5-10/h2-5,15H,6-7H2,1H3. The summed E-state index contributed by atoms with van der Waals surface area (Å²) >= 11 is 1.47. The molecule has 16 heavy (non-hydrogen) atoms. The van der Waals surface area contributed by atoms with E-state index in [1.807, 2.05) is 19.1 Å². The molecule has 1 aromatic heterocycles. The van der Waals surface area contributed by atoms with Crippen LogP contribution >= 0.6 is 11.3 Å². The van der Waals surface area contributed by atoms with E-state index in [2.05, 4.69) is 4.98 Å². The van der Waals surface area contributed by atoms with Gasteiger partial charge in [-0.25, -0.2) is 9.37 Å². The molecule has 0 saturated carbocycles. The summed E-state index contributed by atoms with van der Waals surface area (Å²) in [6, 6.07) is 7.22. The molecular weight excluding hydrogens is 225 g/mol. The third kappa shape index (κ3) is 2.13. The van der Waals surface area contributed by atoms with Gasteiger partial charge >= 0.3 is 0 Å². The number of benzene rings is 1. The summed E-state index contributed by atoms with van der Waals surface area (Å²) in [4.78, 5) is 5.25. The molecule has 0 atom stereocenters. The molecular formula is C12H12FNOS. The number of alkyl halides is 1. The monoisotopic (exact) mass is 237 g/mol. The first kappa shape index (κ1) is 11.2. The number of nitrogens with zero attached hydrogens (tertiary/aromatic N) is 1. The number of rotatable bonds is 3. The molecule has 0 unspecified atom stereocenters. The zero-order valence-corrected chi connectivity index (χ0v) is 9.72. The van der Waals surface area contributed by atoms with E-state index < -0.39 is 6.67 Å². The van der Waals surface area contributed by atoms with Gasteiger partial charge in [0.25, 0.3) is 0 Å². The first-order chi connectivity index (χ1) is 7.74. The van der Waals surface area contributed by atoms with Crippen LogP contribution in [0, 0.1) is 6.92 Å². The van der Waals surface area contributed by atoms with Crippen molar-refractivity contribution in [2.75, 3.05) is 0 Å². The number of aliphatic hydroxyl groups is 1. The van der Waals surface area contributed by atoms with Gasteiger partial charge in [0, 0.05) is 5.56 Å². The molecule has 1 aromatic carbocycles. The molecule has 0 aliphatic carbocycles. The highest BCUT2D eigenvalue weighted by atomic mass is 32.1. The van der Waals surface area contributed by atoms with E-state index in [1.165, 1.54) is 11.3 Å². The maximum Gasteiger partial charge on any atom is 0.123 e. The number of hydrogen-bond donors (Lipinski definition) is 1. The van der Waals surface area contributed by atoms with Crippen LogP contribution in [0.1, 0.15) is 16.1 Å². The van der Waals surface area contributed by atoms with Crippen molar-refractivity contribution >= 4 is 11.3 Å². The first-order valence-corrected chi connectivity index (χ1v) is 5.78. The van der Waals surface area contributed by atoms with E-state index in [0.29, 0.717) is 5.56 Å². The fourth-order valence-corrected chi connectivity index (χ4v) is 2.36. The zero-order valence-electron chi connectivity index (χ0n) is 8.90. The van der Waals surface area contributed by atoms with Gasteiger partial charge < -0.3 is 5.11 Å². The summed E-state index contributed by atoms with van der Waals surface area (Å²) in [7, 11) is 0. The second kappa shape index (κ2) is 4.72. The predicted molar refractivity (Wildman–Crippen MR) is 63.0 cm³/mol. The molecule has 1 heterocycles. The Labute approximate surface area is 97.4 Å². The van der Waals surface area contributed by atoms with Crippen LogP contribution in [-0.2, 0) is 13.3 Å². The lowest BCUT2D eigenvalue weighted by Crippen LogP contribution is -1.81. The van der Waals surface area contributed by atoms with Crippen LogP contribution in [0.5, 0.6) is 0 Å². The molecule has 2 aromatic rings. The molecule has 0 amide bonds. The second-order valence-corrected chi connectivity index (χ2v) is 4.60. The zero-order chi connectivity index (χ0) is 11.5. The number of aryl methyl sites for hydroxylation is 1. The van der Waals surface area contributed by atoms with Crippen LogP contribution in [0.25, 0.3) is 10.6 Å². The van der Waals surface area contributed by atoms with E-state index in [4.69, 9.17) is 5.11 Å². The summed E-state index contributed by atoms with van der Waals surface area (Å²) < 4.78 is 12.3. The van der Waals surface area contributed by atoms with Crippen LogP contribution in [0.15, 0.2) is 24.3 Å². The Balaban J connectivity index is 2.34. The summed E-state index contributed by atoms with van der Waals surface area (Å²) in [6.07, 6.45) is 0. The lowest BCUT2D eigenvalue weighted by Gasteiger charge is -1.97. The van der Waals surface area contributed by atoms with Gasteiger partial charge in [-0.15, -0.1) is 11.3 Å². The molecule has 0 fully saturated rings. The van der Waals surface area contributed by atoms with Gasteiger partial charge in [0.1, 0.15) is 11.7 Å². The normalized spacial score (nSPS) is 10.7. The molecule has 2 nitrogen and oxygen atoms in total. The van der Waals surface area contributed by atoms with E-state index >= 15 is 0 Å². The topological polar surface area (TPSA) is 33.1 Å². The smallest absolute Gasteiger partial charge is 0.123 e. The SMILES string of the molecule is Cc1nc(-c2ccc(CF)cc2)sc1CO. The minimum absolute atomic E-state index is 0.0199. The highest BCUT2D eigenvalue weighted by molar-refractivity contribution is 7.15. The fourth-order valence-electron chi connectivity index (χ4n) is 1.43. The Kier molecular flexibility index (Phi) is 3.31. The van der Waals surface area contributed by atoms with Crippen molar-refractivity contribution in [2.45, 2.75) is 20.2 Å². The Morgan fingerprint density at radius 3 is 2.50 bits per heavy atom. The average molecular weight is 237 g/mol. The van der Waals surface area contributed by atoms with Crippen molar-refractivity contribution in [1.29, 1.82) is 0 Å². The summed E-state index contributed by atoms with van der Waals surface area (Å²) in [6.45, 7) is 1.45. The summed E-state index contributed by atoms with van der Waals surface area (Å²) in [5, 5.41) is 9.95. The summed E-state index contributed by atoms with van der Waals surface area (Å²) in [5.41, 5.74) is 2.49. The molecule has 0 radical (unpaired) electrons. The van der Waals surface area contributed by atoms with Gasteiger partial charge in [0.05, 0.1) is 17.2 Å². The van der Waals surface area contributed by atoms with Crippen molar-refractivity contribution in [1.82, 2.24) is 4.98 Å². The minimum Gasteiger partial charge on any atom is -0.391 e. The van der Waals surface area contributed by atoms with Gasteiger partial charge in [0.2, 0.25) is 0 Å². The Morgan fingerprint density at radius 2 is 2.00 bits per heavy atom. The Bertz CT molecular complexity index is 478. The summed E-state index contributed by atoms with van der Waals surface area (Å²) in [5.74, 6) is 0. The van der Waals surface area contributed by atoms with Gasteiger partial charge in [-0.1, -0.05) is 24.3 Å². The highest BCUT2D eigenvalue weighted by Crippen LogP contribution is 2.28. The lowest BCUT2D eigenvalue weighted by atomic mass is 10.1. The van der Waals surface area contributed by atoms with Crippen molar-refractivity contribution in [2.24, 2.45) is 0 Å². The molecule has 84 valence electrons. The van der Waals surface area contributed by atoms with Crippen molar-refractivity contribution in [3.05, 3.63) is 40.4 Å². The molecule has 0 bridgehead atoms. The van der Waals surface area contributed by atoms with Gasteiger partial charge in [-0.3, -0.25) is 0 Å². The molecule has 1 N–H and O–H groups in total. The van der Waals surface area contributed by atoms with Gasteiger partial charge in [-0.05, 0) is 12.5 Å². The first-order valence-electron chi connectivity index (χ1n) is 4.97. The third-order valence-corrected chi connectivity index (χ3v) is 3.58. The molecule has 0 aliphatic rings. The van der Waals surface area contributed by atoms with E-state index in [9.17, 15) is 4.39 Å². The average Bonchev–Trinajstić information content (AvgIpc) is 2.71. The number of hydrogen-bond acceptors (Lipinski definition) is 3. The predicted octanol–water partition coefficient (Wildman–Crippen LogP) is 3.08. The fraction of sp³-hybridized carbons (Fsp3) is 0.250. The molecule has 2 rings (SSSR count). The third-order valence-electron chi connectivity index (χ3n) is 2.39. The van der Waals surface area contributed by atoms with Crippen LogP contribution in [-0.4, -0.2) is 10.1 Å². The van der Waals surface area contributed by atoms with E-state index in [-0.39, 0.29) is 6.61 Å². The van der Waals surface area contributed by atoms with Crippen molar-refractivity contribution in [3.8, 4) is 10.6 Å². The van der Waals surface area contributed by atoms with Crippen molar-refractivity contribution in [3.63, 3.8) is 0 Å². The van der Waals surface area contributed by atoms with E-state index in [0.717, 1.165) is 21.1 Å². The maximum atomic E-state index is 12.3. The van der Waals surface area contributed by atoms with Crippen LogP contribution in [0.2, 0.25) is 0 Å². The van der Waals surface area contributed by atoms with Crippen LogP contribution in [0.4, 0.5) is 4.39 Å². The Morgan fingerprint density at radius 1 is 1.31 bits per heavy atom. The molecule has 0 spiro atoms. The molecule has 4 heteroatoms. The van der Waals surface area contributed by atoms with Gasteiger partial charge in [0.15, 0.2) is 0 Å². The lowest BCUT2D eigenvalue weighted by molar-refractivity contribution is 0.284. The van der Waals surface area contributed by atoms with Crippen LogP contribution in [0.3, 0.4) is 0 Å². The largest absolute Gasteiger partial charge is 0.391 e. The number of aliphatic hydroxyl groups excluding tert-OH is 1. The maximum absolute atomic E-state index is 12.3. The van der Waals surface area contributed by atoms with Crippen molar-refractivity contribution < 1.29 is 9.50 Å². The van der Waals surface area contributed by atoms with Gasteiger partial charge in [-0.2, -0.15) is 0 Å². The van der Waals surface area contributed by atoms with Crippen LogP contribution < -0.4 is 0 Å². The quantitative estimate of drug-likeness (QED) is 0.890.